The van der Waals surface area contributed by atoms with E-state index in [1.165, 1.54) is 30.2 Å². The molecule has 0 saturated heterocycles. The van der Waals surface area contributed by atoms with Gasteiger partial charge in [-0.25, -0.2) is 9.18 Å². The Labute approximate surface area is 134 Å². The van der Waals surface area contributed by atoms with Crippen LogP contribution in [0.3, 0.4) is 0 Å². The maximum absolute atomic E-state index is 13.3. The molecule has 8 heteroatoms. The third-order valence-electron chi connectivity index (χ3n) is 3.14. The fourth-order valence-electron chi connectivity index (χ4n) is 2.08. The minimum Gasteiger partial charge on any atom is -0.466 e. The zero-order valence-electron chi connectivity index (χ0n) is 11.7. The summed E-state index contributed by atoms with van der Waals surface area (Å²) < 4.78 is 18.5. The zero-order chi connectivity index (χ0) is 16.3. The standard InChI is InChI=1S/C14H14BrFN2O4/c1-22-14(21)9-7-18(4-5-19)13(20)12(9)17-11-6-8(16)2-3-10(11)15/h2-3,6,17,19H,4-5,7H2,1H3. The van der Waals surface area contributed by atoms with E-state index in [1.54, 1.807) is 0 Å². The fraction of sp³-hybridized carbons (Fsp3) is 0.286. The van der Waals surface area contributed by atoms with Crippen molar-refractivity contribution in [2.24, 2.45) is 0 Å². The van der Waals surface area contributed by atoms with E-state index >= 15 is 0 Å². The van der Waals surface area contributed by atoms with Crippen molar-refractivity contribution < 1.29 is 23.8 Å². The summed E-state index contributed by atoms with van der Waals surface area (Å²) in [6.45, 7) is -0.104. The van der Waals surface area contributed by atoms with Crippen LogP contribution in [-0.4, -0.2) is 48.7 Å². The summed E-state index contributed by atoms with van der Waals surface area (Å²) in [4.78, 5) is 25.4. The lowest BCUT2D eigenvalue weighted by Gasteiger charge is -2.15. The van der Waals surface area contributed by atoms with Gasteiger partial charge in [-0.3, -0.25) is 4.79 Å². The van der Waals surface area contributed by atoms with Crippen LogP contribution in [0, 0.1) is 5.82 Å². The summed E-state index contributed by atoms with van der Waals surface area (Å²) in [6.07, 6.45) is 0. The van der Waals surface area contributed by atoms with Crippen molar-refractivity contribution in [1.82, 2.24) is 4.90 Å². The molecule has 2 N–H and O–H groups in total. The van der Waals surface area contributed by atoms with Gasteiger partial charge in [-0.1, -0.05) is 0 Å². The van der Waals surface area contributed by atoms with Crippen molar-refractivity contribution in [2.75, 3.05) is 32.1 Å². The molecule has 0 atom stereocenters. The van der Waals surface area contributed by atoms with E-state index in [4.69, 9.17) is 5.11 Å². The number of benzene rings is 1. The molecule has 0 unspecified atom stereocenters. The summed E-state index contributed by atoms with van der Waals surface area (Å²) in [5.41, 5.74) is 0.472. The van der Waals surface area contributed by atoms with Crippen molar-refractivity contribution >= 4 is 33.5 Å². The van der Waals surface area contributed by atoms with E-state index in [2.05, 4.69) is 26.0 Å². The number of nitrogens with one attached hydrogen (secondary N) is 1. The second kappa shape index (κ2) is 6.89. The number of nitrogens with zero attached hydrogens (tertiary/aromatic N) is 1. The average molecular weight is 373 g/mol. The number of carbonyl (C=O) groups excluding carboxylic acids is 2. The molecule has 1 aromatic rings. The molecule has 0 spiro atoms. The molecule has 22 heavy (non-hydrogen) atoms. The van der Waals surface area contributed by atoms with Crippen LogP contribution in [-0.2, 0) is 14.3 Å². The van der Waals surface area contributed by atoms with Gasteiger partial charge < -0.3 is 20.1 Å². The number of hydrogen-bond acceptors (Lipinski definition) is 5. The van der Waals surface area contributed by atoms with Crippen LogP contribution in [0.15, 0.2) is 33.9 Å². The van der Waals surface area contributed by atoms with Gasteiger partial charge in [0.15, 0.2) is 0 Å². The molecule has 1 amide bonds. The van der Waals surface area contributed by atoms with E-state index in [1.807, 2.05) is 0 Å². The number of aliphatic hydroxyl groups is 1. The van der Waals surface area contributed by atoms with E-state index in [-0.39, 0.29) is 31.0 Å². The van der Waals surface area contributed by atoms with Crippen LogP contribution >= 0.6 is 15.9 Å². The lowest BCUT2D eigenvalue weighted by Crippen LogP contribution is -2.31. The Morgan fingerprint density at radius 1 is 1.55 bits per heavy atom. The number of ether oxygens (including phenoxy) is 1. The number of halogens is 2. The number of methoxy groups -OCH3 is 1. The zero-order valence-corrected chi connectivity index (χ0v) is 13.3. The van der Waals surface area contributed by atoms with E-state index < -0.39 is 17.7 Å². The third-order valence-corrected chi connectivity index (χ3v) is 3.83. The van der Waals surface area contributed by atoms with Crippen LogP contribution in [0.5, 0.6) is 0 Å². The maximum atomic E-state index is 13.3. The number of β-amino-alcohol motifs (C(OH)–C–C–N with tert-alkyl or cyclic N) is 1. The predicted octanol–water partition coefficient (Wildman–Crippen LogP) is 1.26. The molecule has 0 saturated carbocycles. The fourth-order valence-corrected chi connectivity index (χ4v) is 2.42. The summed E-state index contributed by atoms with van der Waals surface area (Å²) >= 11 is 3.24. The van der Waals surface area contributed by atoms with Crippen molar-refractivity contribution in [3.8, 4) is 0 Å². The Hall–Kier alpha value is -1.93. The Morgan fingerprint density at radius 3 is 2.91 bits per heavy atom. The molecule has 2 rings (SSSR count). The minimum absolute atomic E-state index is 0.0200. The molecule has 1 aromatic carbocycles. The highest BCUT2D eigenvalue weighted by Crippen LogP contribution is 2.28. The summed E-state index contributed by atoms with van der Waals surface area (Å²) in [6, 6.07) is 3.95. The molecule has 0 aromatic heterocycles. The minimum atomic E-state index is -0.649. The van der Waals surface area contributed by atoms with Crippen molar-refractivity contribution in [3.05, 3.63) is 39.8 Å². The molecule has 0 bridgehead atoms. The van der Waals surface area contributed by atoms with E-state index in [0.717, 1.165) is 0 Å². The molecule has 0 radical (unpaired) electrons. The van der Waals surface area contributed by atoms with Gasteiger partial charge in [0.25, 0.3) is 5.91 Å². The summed E-state index contributed by atoms with van der Waals surface area (Å²) in [7, 11) is 1.21. The molecule has 6 nitrogen and oxygen atoms in total. The highest BCUT2D eigenvalue weighted by molar-refractivity contribution is 9.10. The van der Waals surface area contributed by atoms with Gasteiger partial charge in [0.1, 0.15) is 11.5 Å². The monoisotopic (exact) mass is 372 g/mol. The molecule has 0 aliphatic carbocycles. The first-order valence-corrected chi connectivity index (χ1v) is 7.21. The normalized spacial score (nSPS) is 14.5. The molecule has 0 fully saturated rings. The topological polar surface area (TPSA) is 78.9 Å². The number of amides is 1. The first-order chi connectivity index (χ1) is 10.5. The van der Waals surface area contributed by atoms with Gasteiger partial charge in [-0.15, -0.1) is 0 Å². The molecular weight excluding hydrogens is 359 g/mol. The van der Waals surface area contributed by atoms with Crippen LogP contribution in [0.1, 0.15) is 0 Å². The number of carbonyl (C=O) groups is 2. The SMILES string of the molecule is COC(=O)C1=C(Nc2cc(F)ccc2Br)C(=O)N(CCO)C1. The Morgan fingerprint density at radius 2 is 2.27 bits per heavy atom. The second-order valence-corrected chi connectivity index (χ2v) is 5.40. The highest BCUT2D eigenvalue weighted by atomic mass is 79.9. The molecule has 1 aliphatic heterocycles. The first-order valence-electron chi connectivity index (χ1n) is 6.41. The number of rotatable bonds is 5. The highest BCUT2D eigenvalue weighted by Gasteiger charge is 2.34. The first kappa shape index (κ1) is 16.4. The van der Waals surface area contributed by atoms with Gasteiger partial charge in [0.2, 0.25) is 0 Å². The van der Waals surface area contributed by atoms with Crippen molar-refractivity contribution in [1.29, 1.82) is 0 Å². The molecule has 1 heterocycles. The second-order valence-electron chi connectivity index (χ2n) is 4.54. The van der Waals surface area contributed by atoms with Crippen molar-refractivity contribution in [2.45, 2.75) is 0 Å². The van der Waals surface area contributed by atoms with Gasteiger partial charge in [0, 0.05) is 11.0 Å². The Kier molecular flexibility index (Phi) is 5.15. The van der Waals surface area contributed by atoms with Gasteiger partial charge in [-0.2, -0.15) is 0 Å². The van der Waals surface area contributed by atoms with E-state index in [0.29, 0.717) is 10.2 Å². The molecular formula is C14H14BrFN2O4. The van der Waals surface area contributed by atoms with Gasteiger partial charge in [0.05, 0.1) is 31.5 Å². The lowest BCUT2D eigenvalue weighted by atomic mass is 10.2. The quantitative estimate of drug-likeness (QED) is 0.760. The van der Waals surface area contributed by atoms with Gasteiger partial charge in [-0.05, 0) is 34.1 Å². The van der Waals surface area contributed by atoms with Gasteiger partial charge >= 0.3 is 5.97 Å². The van der Waals surface area contributed by atoms with Crippen LogP contribution in [0.2, 0.25) is 0 Å². The summed E-state index contributed by atoms with van der Waals surface area (Å²) in [5.74, 6) is -1.59. The predicted molar refractivity (Wildman–Crippen MR) is 80.4 cm³/mol. The lowest BCUT2D eigenvalue weighted by molar-refractivity contribution is -0.136. The Bertz CT molecular complexity index is 648. The van der Waals surface area contributed by atoms with E-state index in [9.17, 15) is 14.0 Å². The third kappa shape index (κ3) is 3.28. The maximum Gasteiger partial charge on any atom is 0.337 e. The number of esters is 1. The number of hydrogen-bond donors (Lipinski definition) is 2. The van der Waals surface area contributed by atoms with Crippen molar-refractivity contribution in [3.63, 3.8) is 0 Å². The van der Waals surface area contributed by atoms with Crippen LogP contribution in [0.25, 0.3) is 0 Å². The van der Waals surface area contributed by atoms with Crippen LogP contribution < -0.4 is 5.32 Å². The summed E-state index contributed by atoms with van der Waals surface area (Å²) in [5, 5.41) is 11.7. The number of anilines is 1. The number of aliphatic hydroxyl groups excluding tert-OH is 1. The van der Waals surface area contributed by atoms with Crippen LogP contribution in [0.4, 0.5) is 10.1 Å². The molecule has 118 valence electrons. The Balaban J connectivity index is 2.36. The largest absolute Gasteiger partial charge is 0.466 e. The molecule has 1 aliphatic rings. The average Bonchev–Trinajstić information content (AvgIpc) is 2.80. The smallest absolute Gasteiger partial charge is 0.337 e.